The van der Waals surface area contributed by atoms with Gasteiger partial charge in [-0.1, -0.05) is 171 Å². The lowest BCUT2D eigenvalue weighted by molar-refractivity contribution is 0.00432. The van der Waals surface area contributed by atoms with E-state index >= 15 is 8.78 Å². The highest BCUT2D eigenvalue weighted by Crippen LogP contribution is 2.52. The predicted molar refractivity (Wildman–Crippen MR) is 386 cm³/mol. The molecule has 10 rings (SSSR count). The number of benzene rings is 8. The Morgan fingerprint density at radius 3 is 0.967 bits per heavy atom. The number of fused-ring (bicyclic) bond motifs is 6. The van der Waals surface area contributed by atoms with Crippen LogP contribution in [0.25, 0.3) is 77.2 Å². The zero-order chi connectivity index (χ0) is 66.5. The van der Waals surface area contributed by atoms with Crippen LogP contribution in [0.15, 0.2) is 121 Å². The van der Waals surface area contributed by atoms with Gasteiger partial charge in [-0.25, -0.2) is 8.78 Å². The molecular formula is C84H102F2N2O4. The second-order valence-corrected chi connectivity index (χ2v) is 30.4. The number of unbranched alkanes of at least 4 members (excludes halogenated alkanes) is 1. The van der Waals surface area contributed by atoms with Crippen molar-refractivity contribution in [2.24, 2.45) is 10.8 Å². The van der Waals surface area contributed by atoms with Gasteiger partial charge in [0.05, 0.1) is 44.6 Å². The fraction of sp³-hybridized carbons (Fsp3) is 0.405. The van der Waals surface area contributed by atoms with Crippen LogP contribution in [0.4, 0.5) is 8.78 Å². The zero-order valence-corrected chi connectivity index (χ0v) is 58.2. The smallest absolute Gasteiger partial charge is 0.237 e. The molecule has 0 saturated carbocycles. The highest BCUT2D eigenvalue weighted by atomic mass is 19.1. The van der Waals surface area contributed by atoms with E-state index in [0.29, 0.717) is 82.3 Å². The minimum Gasteiger partial charge on any atom is -0.711 e. The summed E-state index contributed by atoms with van der Waals surface area (Å²) in [6, 6.07) is 41.6. The Bertz CT molecular complexity index is 3960. The lowest BCUT2D eigenvalue weighted by Crippen LogP contribution is -2.25. The Labute approximate surface area is 548 Å². The van der Waals surface area contributed by atoms with Crippen LogP contribution in [0.3, 0.4) is 0 Å². The Balaban J connectivity index is 1.04. The maximum absolute atomic E-state index is 16.3. The fourth-order valence-electron chi connectivity index (χ4n) is 15.5. The van der Waals surface area contributed by atoms with Crippen molar-refractivity contribution in [2.75, 3.05) is 13.2 Å². The normalized spacial score (nSPS) is 12.6. The van der Waals surface area contributed by atoms with Crippen LogP contribution in [0, 0.1) is 50.5 Å². The number of rotatable bonds is 23. The molecule has 0 aliphatic carbocycles. The van der Waals surface area contributed by atoms with Gasteiger partial charge in [0.25, 0.3) is 0 Å². The lowest BCUT2D eigenvalue weighted by Gasteiger charge is -2.35. The summed E-state index contributed by atoms with van der Waals surface area (Å²) < 4.78 is 43.3. The molecule has 8 heteroatoms. The average molecular weight is 1240 g/mol. The quantitative estimate of drug-likeness (QED) is 0.0381. The first-order chi connectivity index (χ1) is 43.5. The van der Waals surface area contributed by atoms with Crippen molar-refractivity contribution in [1.29, 1.82) is 0 Å². The summed E-state index contributed by atoms with van der Waals surface area (Å²) in [6.45, 7) is 36.1. The first kappa shape index (κ1) is 67.3. The van der Waals surface area contributed by atoms with Crippen molar-refractivity contribution in [1.82, 2.24) is 9.13 Å². The maximum Gasteiger partial charge on any atom is 0.237 e. The lowest BCUT2D eigenvalue weighted by atomic mass is 9.71. The number of nitrogens with zero attached hydrogens (tertiary/aromatic N) is 2. The van der Waals surface area contributed by atoms with E-state index in [0.717, 1.165) is 119 Å². The Morgan fingerprint density at radius 2 is 0.696 bits per heavy atom. The van der Waals surface area contributed by atoms with E-state index in [2.05, 4.69) is 226 Å². The van der Waals surface area contributed by atoms with Crippen LogP contribution < -0.4 is 0 Å². The van der Waals surface area contributed by atoms with E-state index in [4.69, 9.17) is 0 Å². The Kier molecular flexibility index (Phi) is 19.3. The number of halogens is 2. The van der Waals surface area contributed by atoms with Gasteiger partial charge >= 0.3 is 0 Å². The molecule has 2 N–H and O–H groups in total. The summed E-state index contributed by atoms with van der Waals surface area (Å²) in [4.78, 5) is 0. The summed E-state index contributed by atoms with van der Waals surface area (Å²) in [5.74, 6) is 0.616. The van der Waals surface area contributed by atoms with E-state index in [-0.39, 0.29) is 33.2 Å². The zero-order valence-electron chi connectivity index (χ0n) is 58.2. The van der Waals surface area contributed by atoms with Crippen LogP contribution in [-0.4, -0.2) is 32.6 Å². The molecule has 92 heavy (non-hydrogen) atoms. The molecule has 6 nitrogen and oxygen atoms in total. The number of phenols is 2. The predicted octanol–water partition coefficient (Wildman–Crippen LogP) is 24.4. The highest BCUT2D eigenvalue weighted by molar-refractivity contribution is 6.11. The summed E-state index contributed by atoms with van der Waals surface area (Å²) >= 11 is 0. The van der Waals surface area contributed by atoms with Crippen LogP contribution >= 0.6 is 0 Å². The van der Waals surface area contributed by atoms with Crippen molar-refractivity contribution < 1.29 is 27.7 Å². The molecule has 2 aromatic heterocycles. The van der Waals surface area contributed by atoms with Gasteiger partial charge in [-0.2, -0.15) is 0 Å². The SMILES string of the molecule is [CH2-][O+](CCCC[O+]([CH2-])c1c(C)cc(F)cc1-c1cc(C(C)(C)CC(C)(C)C)cc(-n2c3cc(CCC)ccc3c3ccc(CCC)cc32)c1O)c1c(C)cc(F)cc1-c1cc(C(C)(C)CC(C)(C)C)cc(-n2c3cc(CCC)ccc3c3ccc(CCC)cc32)c1O. The van der Waals surface area contributed by atoms with E-state index in [1.165, 1.54) is 34.4 Å². The van der Waals surface area contributed by atoms with Crippen LogP contribution in [0.5, 0.6) is 23.0 Å². The second kappa shape index (κ2) is 26.4. The molecule has 10 aromatic rings. The average Bonchev–Trinajstić information content (AvgIpc) is 1.51. The van der Waals surface area contributed by atoms with Gasteiger partial charge in [-0.05, 0) is 194 Å². The van der Waals surface area contributed by atoms with Crippen LogP contribution in [0.2, 0.25) is 0 Å². The minimum atomic E-state index is -0.408. The summed E-state index contributed by atoms with van der Waals surface area (Å²) in [6.07, 6.45) is 10.7. The molecule has 486 valence electrons. The summed E-state index contributed by atoms with van der Waals surface area (Å²) in [5, 5.41) is 30.8. The Hall–Kier alpha value is -7.58. The third kappa shape index (κ3) is 13.7. The number of phenolic OH excluding ortho intramolecular Hbond substituents is 2. The standard InChI is InChI=1S/C84H102F2N2O4/c1-19-25-55-29-33-63-64-34-30-56(26-20-2)42-72(64)87(71(63)41-55)75-47-59(83(13,14)51-81(7,8)9)45-67(77(75)89)69-49-61(85)39-53(5)79(69)91(17)37-23-24-38-92(18)80-54(6)40-62(86)50-70(80)68-46-60(84(15,16)52-82(10,11)12)48-76(78(68)90)88-73-43-57(27-21-3)31-35-65(73)66-36-32-58(28-22-4)44-74(66)88/h29-36,39-50,89-90H,17-28,37-38,51-52H2,1-16H3. The highest BCUT2D eigenvalue weighted by Gasteiger charge is 2.34. The Morgan fingerprint density at radius 1 is 0.402 bits per heavy atom. The van der Waals surface area contributed by atoms with Crippen molar-refractivity contribution in [3.8, 4) is 56.6 Å². The molecule has 0 fully saturated rings. The van der Waals surface area contributed by atoms with E-state index < -0.39 is 11.6 Å². The second-order valence-electron chi connectivity index (χ2n) is 30.4. The molecule has 2 heterocycles. The number of aryl methyl sites for hydroxylation is 6. The van der Waals surface area contributed by atoms with E-state index in [9.17, 15) is 10.2 Å². The van der Waals surface area contributed by atoms with E-state index in [1.54, 1.807) is 12.1 Å². The van der Waals surface area contributed by atoms with Gasteiger partial charge in [0.15, 0.2) is 0 Å². The molecular weight excluding hydrogens is 1140 g/mol. The molecule has 0 amide bonds. The third-order valence-corrected chi connectivity index (χ3v) is 18.8. The number of aromatic nitrogens is 2. The molecule has 0 atom stereocenters. The number of hydrogen-bond acceptors (Lipinski definition) is 2. The van der Waals surface area contributed by atoms with Crippen LogP contribution in [-0.2, 0) is 45.2 Å². The van der Waals surface area contributed by atoms with Crippen molar-refractivity contribution in [2.45, 2.75) is 199 Å². The van der Waals surface area contributed by atoms with Gasteiger partial charge in [0, 0.05) is 56.6 Å². The third-order valence-electron chi connectivity index (χ3n) is 18.8. The molecule has 0 spiro atoms. The van der Waals surface area contributed by atoms with Crippen molar-refractivity contribution in [3.05, 3.63) is 192 Å². The molecule has 0 bridgehead atoms. The maximum atomic E-state index is 16.3. The van der Waals surface area contributed by atoms with Crippen LogP contribution in [0.1, 0.15) is 193 Å². The minimum absolute atomic E-state index is 0.0245. The van der Waals surface area contributed by atoms with Gasteiger partial charge < -0.3 is 28.1 Å². The van der Waals surface area contributed by atoms with E-state index in [1.807, 2.05) is 13.8 Å². The molecule has 0 saturated heterocycles. The molecule has 0 unspecified atom stereocenters. The molecule has 0 aliphatic heterocycles. The number of hydrogen-bond donors (Lipinski definition) is 2. The molecule has 0 aliphatic rings. The summed E-state index contributed by atoms with van der Waals surface area (Å²) in [7, 11) is 9.17. The molecule has 0 radical (unpaired) electrons. The largest absolute Gasteiger partial charge is 0.711 e. The van der Waals surface area contributed by atoms with Gasteiger partial charge in [-0.15, -0.1) is 0 Å². The van der Waals surface area contributed by atoms with Crippen molar-refractivity contribution in [3.63, 3.8) is 0 Å². The van der Waals surface area contributed by atoms with Crippen molar-refractivity contribution >= 4 is 43.6 Å². The first-order valence-corrected chi connectivity index (χ1v) is 34.0. The fourth-order valence-corrected chi connectivity index (χ4v) is 15.5. The van der Waals surface area contributed by atoms with Gasteiger partial charge in [0.1, 0.15) is 36.3 Å². The van der Waals surface area contributed by atoms with Gasteiger partial charge in [-0.3, -0.25) is 0 Å². The topological polar surface area (TPSA) is 55.7 Å². The summed E-state index contributed by atoms with van der Waals surface area (Å²) in [5.41, 5.74) is 15.1. The monoisotopic (exact) mass is 1240 g/mol. The first-order valence-electron chi connectivity index (χ1n) is 34.0. The molecule has 8 aromatic carbocycles. The van der Waals surface area contributed by atoms with Gasteiger partial charge in [0.2, 0.25) is 11.5 Å². The number of aromatic hydroxyl groups is 2.